The number of aryl methyl sites for hydroxylation is 2. The number of thioether (sulfide) groups is 1. The predicted octanol–water partition coefficient (Wildman–Crippen LogP) is 4.38. The Morgan fingerprint density at radius 2 is 1.97 bits per heavy atom. The maximum atomic E-state index is 10.3. The van der Waals surface area contributed by atoms with Gasteiger partial charge in [-0.1, -0.05) is 25.1 Å². The third kappa shape index (κ3) is 5.93. The summed E-state index contributed by atoms with van der Waals surface area (Å²) in [5.41, 5.74) is 3.33. The lowest BCUT2D eigenvalue weighted by Gasteiger charge is -2.30. The third-order valence-corrected chi connectivity index (χ3v) is 6.65. The van der Waals surface area contributed by atoms with Crippen molar-refractivity contribution in [3.05, 3.63) is 23.7 Å². The van der Waals surface area contributed by atoms with Crippen LogP contribution in [-0.2, 0) is 4.74 Å². The van der Waals surface area contributed by atoms with Crippen molar-refractivity contribution >= 4 is 39.1 Å². The van der Waals surface area contributed by atoms with Crippen LogP contribution >= 0.6 is 23.1 Å². The highest BCUT2D eigenvalue weighted by atomic mass is 32.2. The fourth-order valence-electron chi connectivity index (χ4n) is 3.40. The summed E-state index contributed by atoms with van der Waals surface area (Å²) in [4.78, 5) is 18.5. The smallest absolute Gasteiger partial charge is 0.189 e. The minimum absolute atomic E-state index is 0.0254. The number of ether oxygens (including phenoxy) is 1. The van der Waals surface area contributed by atoms with Crippen LogP contribution < -0.4 is 5.32 Å². The monoisotopic (exact) mass is 477 g/mol. The molecule has 2 atom stereocenters. The van der Waals surface area contributed by atoms with Crippen molar-refractivity contribution in [1.29, 1.82) is 0 Å². The second-order valence-electron chi connectivity index (χ2n) is 8.17. The van der Waals surface area contributed by atoms with Crippen molar-refractivity contribution in [3.8, 4) is 10.6 Å². The van der Waals surface area contributed by atoms with E-state index in [9.17, 15) is 10.2 Å². The van der Waals surface area contributed by atoms with Gasteiger partial charge in [-0.2, -0.15) is 0 Å². The normalized spacial score (nSPS) is 14.0. The number of nitrogens with one attached hydrogen (secondary N) is 1. The minimum Gasteiger partial charge on any atom is -0.396 e. The minimum atomic E-state index is -1.35. The Morgan fingerprint density at radius 1 is 1.22 bits per heavy atom. The van der Waals surface area contributed by atoms with Crippen LogP contribution in [0.4, 0.5) is 5.82 Å². The van der Waals surface area contributed by atoms with Crippen molar-refractivity contribution in [3.63, 3.8) is 0 Å². The Kier molecular flexibility index (Phi) is 8.05. The Bertz CT molecular complexity index is 1060. The van der Waals surface area contributed by atoms with E-state index >= 15 is 0 Å². The highest BCUT2D eigenvalue weighted by molar-refractivity contribution is 7.98. The Morgan fingerprint density at radius 3 is 2.56 bits per heavy atom. The molecule has 2 unspecified atom stereocenters. The van der Waals surface area contributed by atoms with Gasteiger partial charge >= 0.3 is 0 Å². The van der Waals surface area contributed by atoms with Crippen molar-refractivity contribution in [2.45, 2.75) is 64.6 Å². The Hall–Kier alpha value is -1.85. The van der Waals surface area contributed by atoms with Crippen molar-refractivity contribution < 1.29 is 14.9 Å². The molecule has 0 aliphatic heterocycles. The van der Waals surface area contributed by atoms with E-state index in [1.165, 1.54) is 11.8 Å². The van der Waals surface area contributed by atoms with Crippen LogP contribution in [-0.4, -0.2) is 55.0 Å². The molecular weight excluding hydrogens is 446 g/mol. The highest BCUT2D eigenvalue weighted by Crippen LogP contribution is 2.37. The van der Waals surface area contributed by atoms with Gasteiger partial charge in [0.2, 0.25) is 0 Å². The van der Waals surface area contributed by atoms with Crippen LogP contribution in [0.5, 0.6) is 0 Å². The molecule has 0 amide bonds. The summed E-state index contributed by atoms with van der Waals surface area (Å²) in [6, 6.07) is 1.95. The summed E-state index contributed by atoms with van der Waals surface area (Å²) in [7, 11) is 0. The molecule has 10 heteroatoms. The van der Waals surface area contributed by atoms with Gasteiger partial charge in [0, 0.05) is 12.8 Å². The van der Waals surface area contributed by atoms with Crippen LogP contribution in [0.25, 0.3) is 20.8 Å². The summed E-state index contributed by atoms with van der Waals surface area (Å²) < 4.78 is 6.94. The van der Waals surface area contributed by atoms with Crippen LogP contribution in [0.15, 0.2) is 17.4 Å². The zero-order chi connectivity index (χ0) is 23.5. The number of aliphatic hydroxyl groups is 2. The second kappa shape index (κ2) is 10.4. The van der Waals surface area contributed by atoms with Crippen molar-refractivity contribution in [1.82, 2.24) is 19.9 Å². The Balaban J connectivity index is 2.08. The van der Waals surface area contributed by atoms with E-state index in [4.69, 9.17) is 14.7 Å². The van der Waals surface area contributed by atoms with Gasteiger partial charge in [-0.25, -0.2) is 15.0 Å². The molecule has 32 heavy (non-hydrogen) atoms. The van der Waals surface area contributed by atoms with Crippen molar-refractivity contribution in [2.24, 2.45) is 5.92 Å². The van der Waals surface area contributed by atoms with Gasteiger partial charge in [-0.05, 0) is 52.4 Å². The highest BCUT2D eigenvalue weighted by Gasteiger charge is 2.26. The molecule has 0 saturated heterocycles. The first-order chi connectivity index (χ1) is 15.1. The maximum Gasteiger partial charge on any atom is 0.189 e. The average Bonchev–Trinajstić information content (AvgIpc) is 3.15. The molecule has 174 valence electrons. The molecule has 0 saturated carbocycles. The average molecular weight is 478 g/mol. The van der Waals surface area contributed by atoms with Crippen LogP contribution in [0.3, 0.4) is 0 Å². The van der Waals surface area contributed by atoms with Gasteiger partial charge in [-0.3, -0.25) is 4.98 Å². The number of nitrogens with zero attached hydrogens (tertiary/aromatic N) is 4. The topological polar surface area (TPSA) is 113 Å². The van der Waals surface area contributed by atoms with Crippen LogP contribution in [0, 0.1) is 19.8 Å². The van der Waals surface area contributed by atoms with E-state index in [1.54, 1.807) is 31.4 Å². The first-order valence-corrected chi connectivity index (χ1v) is 12.6. The molecule has 8 nitrogen and oxygen atoms in total. The standard InChI is InChI=1S/C22H31N5O3S2/c1-7-14(11-28)10-16(30-22(4,5)29)25-19-17(12(2)24-21(27-19)31-6)20-26-18-13(3)23-9-8-15(18)32-20/h8-9,14,16,28-29H,7,10-11H2,1-6H3,(H,24,25,27). The molecule has 0 bridgehead atoms. The van der Waals surface area contributed by atoms with Gasteiger partial charge in [0.05, 0.1) is 21.7 Å². The summed E-state index contributed by atoms with van der Waals surface area (Å²) in [6.45, 7) is 9.12. The number of rotatable bonds is 10. The number of anilines is 1. The molecule has 3 aromatic heterocycles. The molecule has 0 fully saturated rings. The molecule has 0 aromatic carbocycles. The number of hydrogen-bond acceptors (Lipinski definition) is 10. The fraction of sp³-hybridized carbons (Fsp3) is 0.545. The largest absolute Gasteiger partial charge is 0.396 e. The quantitative estimate of drug-likeness (QED) is 0.222. The summed E-state index contributed by atoms with van der Waals surface area (Å²) in [5, 5.41) is 24.8. The molecule has 0 radical (unpaired) electrons. The van der Waals surface area contributed by atoms with Gasteiger partial charge < -0.3 is 20.3 Å². The molecule has 3 rings (SSSR count). The van der Waals surface area contributed by atoms with E-state index in [1.807, 2.05) is 33.1 Å². The number of aromatic nitrogens is 4. The lowest BCUT2D eigenvalue weighted by atomic mass is 10.0. The zero-order valence-electron chi connectivity index (χ0n) is 19.3. The van der Waals surface area contributed by atoms with E-state index < -0.39 is 12.0 Å². The number of thiazole rings is 1. The van der Waals surface area contributed by atoms with Gasteiger partial charge in [0.25, 0.3) is 0 Å². The van der Waals surface area contributed by atoms with E-state index in [2.05, 4.69) is 15.3 Å². The molecule has 0 aliphatic carbocycles. The summed E-state index contributed by atoms with van der Waals surface area (Å²) >= 11 is 3.01. The first kappa shape index (κ1) is 24.8. The molecule has 3 N–H and O–H groups in total. The van der Waals surface area contributed by atoms with Crippen molar-refractivity contribution in [2.75, 3.05) is 18.2 Å². The number of aliphatic hydroxyl groups excluding tert-OH is 1. The maximum absolute atomic E-state index is 10.3. The van der Waals surface area contributed by atoms with E-state index in [0.29, 0.717) is 17.4 Å². The number of hydrogen-bond donors (Lipinski definition) is 3. The third-order valence-electron chi connectivity index (χ3n) is 5.07. The first-order valence-electron chi connectivity index (χ1n) is 10.6. The molecule has 0 spiro atoms. The SMILES string of the molecule is CCC(CO)CC(Nc1nc(SC)nc(C)c1-c1nc2c(C)nccc2s1)OC(C)(C)O. The molecule has 3 heterocycles. The lowest BCUT2D eigenvalue weighted by molar-refractivity contribution is -0.202. The number of pyridine rings is 1. The van der Waals surface area contributed by atoms with Crippen LogP contribution in [0.1, 0.15) is 45.0 Å². The fourth-order valence-corrected chi connectivity index (χ4v) is 4.92. The second-order valence-corrected chi connectivity index (χ2v) is 9.98. The summed E-state index contributed by atoms with van der Waals surface area (Å²) in [5.74, 6) is -0.736. The van der Waals surface area contributed by atoms with Gasteiger partial charge in [-0.15, -0.1) is 11.3 Å². The summed E-state index contributed by atoms with van der Waals surface area (Å²) in [6.07, 6.45) is 4.45. The Labute approximate surface area is 196 Å². The molecular formula is C22H31N5O3S2. The van der Waals surface area contributed by atoms with Gasteiger partial charge in [0.15, 0.2) is 10.9 Å². The molecule has 3 aromatic rings. The zero-order valence-corrected chi connectivity index (χ0v) is 21.0. The van der Waals surface area contributed by atoms with Gasteiger partial charge in [0.1, 0.15) is 22.6 Å². The molecule has 0 aliphatic rings. The van der Waals surface area contributed by atoms with Crippen LogP contribution in [0.2, 0.25) is 0 Å². The number of fused-ring (bicyclic) bond motifs is 1. The predicted molar refractivity (Wildman–Crippen MR) is 130 cm³/mol. The van der Waals surface area contributed by atoms with E-state index in [0.717, 1.165) is 38.6 Å². The van der Waals surface area contributed by atoms with E-state index in [-0.39, 0.29) is 12.5 Å². The lowest BCUT2D eigenvalue weighted by Crippen LogP contribution is -2.37.